The molecule has 3 rings (SSSR count). The first-order valence-electron chi connectivity index (χ1n) is 6.44. The third-order valence-corrected chi connectivity index (χ3v) is 4.56. The van der Waals surface area contributed by atoms with Gasteiger partial charge in [-0.3, -0.25) is 0 Å². The van der Waals surface area contributed by atoms with Gasteiger partial charge >= 0.3 is 5.97 Å². The molecule has 5 heteroatoms. The van der Waals surface area contributed by atoms with E-state index in [2.05, 4.69) is 11.2 Å². The molecule has 0 fully saturated rings. The van der Waals surface area contributed by atoms with Crippen molar-refractivity contribution < 1.29 is 9.63 Å². The molecule has 0 spiro atoms. The van der Waals surface area contributed by atoms with Gasteiger partial charge in [-0.15, -0.1) is 0 Å². The lowest BCUT2D eigenvalue weighted by molar-refractivity contribution is -0.136. The molecular formula is C15H16N2O2S. The minimum Gasteiger partial charge on any atom is -0.337 e. The van der Waals surface area contributed by atoms with Crippen LogP contribution in [0.1, 0.15) is 20.8 Å². The van der Waals surface area contributed by atoms with Gasteiger partial charge in [-0.25, -0.2) is 4.79 Å². The lowest BCUT2D eigenvalue weighted by Crippen LogP contribution is -2.26. The molecule has 0 atom stereocenters. The molecule has 0 amide bonds. The van der Waals surface area contributed by atoms with E-state index in [0.717, 1.165) is 15.6 Å². The Kier molecular flexibility index (Phi) is 2.90. The lowest BCUT2D eigenvalue weighted by Gasteiger charge is -2.20. The highest BCUT2D eigenvalue weighted by Crippen LogP contribution is 2.47. The molecule has 0 saturated heterocycles. The van der Waals surface area contributed by atoms with Gasteiger partial charge in [0, 0.05) is 17.4 Å². The highest BCUT2D eigenvalue weighted by molar-refractivity contribution is 8.03. The van der Waals surface area contributed by atoms with Crippen molar-refractivity contribution in [2.45, 2.75) is 25.7 Å². The molecule has 1 aromatic carbocycles. The molecule has 1 aromatic rings. The second kappa shape index (κ2) is 4.38. The smallest absolute Gasteiger partial charge is 0.337 e. The Labute approximate surface area is 122 Å². The molecule has 20 heavy (non-hydrogen) atoms. The third kappa shape index (κ3) is 1.93. The van der Waals surface area contributed by atoms with Crippen LogP contribution in [0.15, 0.2) is 44.9 Å². The minimum atomic E-state index is -0.364. The van der Waals surface area contributed by atoms with E-state index in [0.29, 0.717) is 11.3 Å². The second-order valence-electron chi connectivity index (χ2n) is 5.88. The summed E-state index contributed by atoms with van der Waals surface area (Å²) >= 11 is 1.59. The largest absolute Gasteiger partial charge is 0.370 e. The lowest BCUT2D eigenvalue weighted by atomic mass is 9.86. The van der Waals surface area contributed by atoms with Crippen LogP contribution in [0.5, 0.6) is 0 Å². The van der Waals surface area contributed by atoms with Gasteiger partial charge in [0.15, 0.2) is 0 Å². The van der Waals surface area contributed by atoms with Crippen molar-refractivity contribution in [3.8, 4) is 0 Å². The number of nitrogens with zero attached hydrogens (tertiary/aromatic N) is 2. The molecule has 0 aromatic heterocycles. The summed E-state index contributed by atoms with van der Waals surface area (Å²) in [7, 11) is 1.97. The quantitative estimate of drug-likeness (QED) is 0.542. The van der Waals surface area contributed by atoms with E-state index >= 15 is 0 Å². The van der Waals surface area contributed by atoms with Crippen molar-refractivity contribution >= 4 is 29.1 Å². The molecule has 4 nitrogen and oxygen atoms in total. The van der Waals surface area contributed by atoms with Crippen LogP contribution >= 0.6 is 11.8 Å². The predicted molar refractivity (Wildman–Crippen MR) is 80.7 cm³/mol. The molecule has 0 N–H and O–H groups in total. The SMILES string of the molecule is CN1/C(=C2/C(=O)ON=C2C(C)(C)C)Sc2ccccc21. The molecule has 2 aliphatic heterocycles. The first-order chi connectivity index (χ1) is 9.39. The Hall–Kier alpha value is -1.75. The van der Waals surface area contributed by atoms with Crippen molar-refractivity contribution in [2.24, 2.45) is 10.6 Å². The first kappa shape index (κ1) is 13.2. The number of thioether (sulfide) groups is 1. The number of carbonyl (C=O) groups is 1. The van der Waals surface area contributed by atoms with Crippen molar-refractivity contribution in [1.82, 2.24) is 0 Å². The zero-order valence-corrected chi connectivity index (χ0v) is 12.7. The van der Waals surface area contributed by atoms with Gasteiger partial charge in [0.05, 0.1) is 10.7 Å². The molecule has 2 aliphatic rings. The number of fused-ring (bicyclic) bond motifs is 1. The number of anilines is 1. The third-order valence-electron chi connectivity index (χ3n) is 3.32. The molecule has 0 aliphatic carbocycles. The molecular weight excluding hydrogens is 272 g/mol. The number of benzene rings is 1. The van der Waals surface area contributed by atoms with Crippen LogP contribution in [0.25, 0.3) is 0 Å². The number of carbonyl (C=O) groups excluding carboxylic acids is 1. The van der Waals surface area contributed by atoms with E-state index < -0.39 is 0 Å². The Morgan fingerprint density at radius 2 is 1.95 bits per heavy atom. The summed E-state index contributed by atoms with van der Waals surface area (Å²) in [6, 6.07) is 8.09. The van der Waals surface area contributed by atoms with Gasteiger partial charge in [-0.2, -0.15) is 0 Å². The normalized spacial score (nSPS) is 21.9. The Balaban J connectivity index is 2.12. The summed E-state index contributed by atoms with van der Waals surface area (Å²) in [5.41, 5.74) is 2.17. The summed E-state index contributed by atoms with van der Waals surface area (Å²) in [4.78, 5) is 20.2. The Bertz CT molecular complexity index is 656. The van der Waals surface area contributed by atoms with Crippen LogP contribution in [0.3, 0.4) is 0 Å². The molecule has 104 valence electrons. The van der Waals surface area contributed by atoms with Crippen LogP contribution in [0.2, 0.25) is 0 Å². The fraction of sp³-hybridized carbons (Fsp3) is 0.333. The molecule has 0 unspecified atom stereocenters. The van der Waals surface area contributed by atoms with Crippen LogP contribution in [0.4, 0.5) is 5.69 Å². The van der Waals surface area contributed by atoms with Crippen molar-refractivity contribution in [2.75, 3.05) is 11.9 Å². The summed E-state index contributed by atoms with van der Waals surface area (Å²) in [6.07, 6.45) is 0. The van der Waals surface area contributed by atoms with E-state index in [1.807, 2.05) is 50.9 Å². The average Bonchev–Trinajstić information content (AvgIpc) is 2.91. The zero-order valence-electron chi connectivity index (χ0n) is 11.9. The minimum absolute atomic E-state index is 0.231. The van der Waals surface area contributed by atoms with E-state index in [9.17, 15) is 4.79 Å². The number of para-hydroxylation sites is 1. The molecule has 0 radical (unpaired) electrons. The number of hydrogen-bond donors (Lipinski definition) is 0. The van der Waals surface area contributed by atoms with Gasteiger partial charge in [-0.05, 0) is 12.1 Å². The average molecular weight is 288 g/mol. The highest BCUT2D eigenvalue weighted by Gasteiger charge is 2.39. The van der Waals surface area contributed by atoms with Crippen LogP contribution < -0.4 is 4.90 Å². The van der Waals surface area contributed by atoms with E-state index in [-0.39, 0.29) is 11.4 Å². The first-order valence-corrected chi connectivity index (χ1v) is 7.26. The van der Waals surface area contributed by atoms with Crippen LogP contribution in [0, 0.1) is 5.41 Å². The van der Waals surface area contributed by atoms with Crippen LogP contribution in [-0.2, 0) is 9.63 Å². The Morgan fingerprint density at radius 1 is 1.25 bits per heavy atom. The number of rotatable bonds is 0. The molecule has 2 heterocycles. The van der Waals surface area contributed by atoms with E-state index in [4.69, 9.17) is 4.84 Å². The fourth-order valence-electron chi connectivity index (χ4n) is 2.30. The molecule has 0 saturated carbocycles. The van der Waals surface area contributed by atoms with Gasteiger partial charge < -0.3 is 9.74 Å². The van der Waals surface area contributed by atoms with E-state index in [1.54, 1.807) is 11.8 Å². The molecule has 0 bridgehead atoms. The van der Waals surface area contributed by atoms with E-state index in [1.165, 1.54) is 0 Å². The maximum atomic E-state index is 12.1. The predicted octanol–water partition coefficient (Wildman–Crippen LogP) is 3.40. The summed E-state index contributed by atoms with van der Waals surface area (Å²) < 4.78 is 0. The van der Waals surface area contributed by atoms with Crippen molar-refractivity contribution in [3.05, 3.63) is 34.9 Å². The zero-order chi connectivity index (χ0) is 14.5. The summed E-state index contributed by atoms with van der Waals surface area (Å²) in [6.45, 7) is 6.09. The van der Waals surface area contributed by atoms with Crippen molar-refractivity contribution in [3.63, 3.8) is 0 Å². The fourth-order valence-corrected chi connectivity index (χ4v) is 3.48. The van der Waals surface area contributed by atoms with Gasteiger partial charge in [0.1, 0.15) is 11.3 Å². The monoisotopic (exact) mass is 288 g/mol. The topological polar surface area (TPSA) is 41.9 Å². The maximum absolute atomic E-state index is 12.1. The highest BCUT2D eigenvalue weighted by atomic mass is 32.2. The summed E-state index contributed by atoms with van der Waals surface area (Å²) in [5, 5.41) is 4.87. The van der Waals surface area contributed by atoms with Crippen molar-refractivity contribution in [1.29, 1.82) is 0 Å². The number of oxime groups is 1. The maximum Gasteiger partial charge on any atom is 0.370 e. The van der Waals surface area contributed by atoms with Gasteiger partial charge in [0.2, 0.25) is 0 Å². The summed E-state index contributed by atoms with van der Waals surface area (Å²) in [5.74, 6) is -0.364. The van der Waals surface area contributed by atoms with Gasteiger partial charge in [-0.1, -0.05) is 49.8 Å². The van der Waals surface area contributed by atoms with Crippen LogP contribution in [-0.4, -0.2) is 18.7 Å². The second-order valence-corrected chi connectivity index (χ2v) is 6.91. The van der Waals surface area contributed by atoms with Gasteiger partial charge in [0.25, 0.3) is 0 Å². The Morgan fingerprint density at radius 3 is 2.60 bits per heavy atom. The number of hydrogen-bond acceptors (Lipinski definition) is 5. The standard InChI is InChI=1S/C15H16N2O2S/c1-15(2,3)12-11(14(18)19-16-12)13-17(4)9-7-5-6-8-10(9)20-13/h5-8H,1-4H3/b13-11-.